The van der Waals surface area contributed by atoms with Gasteiger partial charge in [0.05, 0.1) is 25.8 Å². The first kappa shape index (κ1) is 17.2. The summed E-state index contributed by atoms with van der Waals surface area (Å²) in [6.45, 7) is 7.91. The van der Waals surface area contributed by atoms with Gasteiger partial charge in [-0.15, -0.1) is 0 Å². The van der Waals surface area contributed by atoms with Crippen LogP contribution < -0.4 is 9.64 Å². The van der Waals surface area contributed by atoms with Crippen molar-refractivity contribution >= 4 is 11.0 Å². The van der Waals surface area contributed by atoms with Crippen molar-refractivity contribution < 1.29 is 14.1 Å². The standard InChI is InChI=1S/C23H27NO2/c1-16-8-7-11-24(14-16)15-19-12-22-20(13-21(19)25-3)23(17(2)26-22)18-9-5-4-6-10-18/h4-6,9-10,12-13,16H,7-8,11,14-15H2,1-3H3/p+1/t16-/m1/s1. The van der Waals surface area contributed by atoms with Gasteiger partial charge in [0.25, 0.3) is 0 Å². The summed E-state index contributed by atoms with van der Waals surface area (Å²) in [5.41, 5.74) is 4.57. The van der Waals surface area contributed by atoms with Crippen molar-refractivity contribution in [3.8, 4) is 16.9 Å². The Kier molecular flexibility index (Phi) is 4.73. The van der Waals surface area contributed by atoms with Crippen molar-refractivity contribution in [3.05, 3.63) is 53.8 Å². The molecule has 3 nitrogen and oxygen atoms in total. The zero-order valence-corrected chi connectivity index (χ0v) is 16.0. The second-order valence-corrected chi connectivity index (χ2v) is 7.69. The molecule has 136 valence electrons. The normalized spacial score (nSPS) is 20.4. The molecule has 26 heavy (non-hydrogen) atoms. The van der Waals surface area contributed by atoms with Gasteiger partial charge in [-0.2, -0.15) is 0 Å². The number of methoxy groups -OCH3 is 1. The van der Waals surface area contributed by atoms with E-state index in [1.807, 2.05) is 13.0 Å². The van der Waals surface area contributed by atoms with E-state index in [1.165, 1.54) is 42.6 Å². The van der Waals surface area contributed by atoms with E-state index in [-0.39, 0.29) is 0 Å². The fourth-order valence-electron chi connectivity index (χ4n) is 4.41. The Morgan fingerprint density at radius 1 is 1.19 bits per heavy atom. The number of fused-ring (bicyclic) bond motifs is 1. The molecule has 1 N–H and O–H groups in total. The summed E-state index contributed by atoms with van der Waals surface area (Å²) in [7, 11) is 1.77. The molecule has 1 saturated heterocycles. The first-order valence-electron chi connectivity index (χ1n) is 9.64. The molecule has 1 aromatic heterocycles. The van der Waals surface area contributed by atoms with Crippen LogP contribution in [0.4, 0.5) is 0 Å². The molecule has 2 aromatic carbocycles. The minimum absolute atomic E-state index is 0.809. The molecular weight excluding hydrogens is 322 g/mol. The maximum atomic E-state index is 6.14. The summed E-state index contributed by atoms with van der Waals surface area (Å²) in [5, 5.41) is 1.14. The molecule has 0 saturated carbocycles. The highest BCUT2D eigenvalue weighted by Crippen LogP contribution is 2.37. The van der Waals surface area contributed by atoms with Crippen molar-refractivity contribution in [1.82, 2.24) is 0 Å². The van der Waals surface area contributed by atoms with Crippen molar-refractivity contribution in [2.45, 2.75) is 33.2 Å². The molecule has 0 amide bonds. The summed E-state index contributed by atoms with van der Waals surface area (Å²) in [6.07, 6.45) is 2.68. The SMILES string of the molecule is COc1cc2c(-c3ccccc3)c(C)oc2cc1C[NH+]1CCC[C@@H](C)C1. The number of likely N-dealkylation sites (tertiary alicyclic amines) is 1. The first-order valence-corrected chi connectivity index (χ1v) is 9.64. The third-order valence-electron chi connectivity index (χ3n) is 5.63. The average molecular weight is 350 g/mol. The van der Waals surface area contributed by atoms with Gasteiger partial charge in [-0.3, -0.25) is 0 Å². The first-order chi connectivity index (χ1) is 12.7. The van der Waals surface area contributed by atoms with E-state index in [4.69, 9.17) is 9.15 Å². The number of ether oxygens (including phenoxy) is 1. The van der Waals surface area contributed by atoms with Gasteiger partial charge in [0.15, 0.2) is 0 Å². The molecule has 0 radical (unpaired) electrons. The van der Waals surface area contributed by atoms with Crippen LogP contribution in [0.15, 0.2) is 46.9 Å². The van der Waals surface area contributed by atoms with Gasteiger partial charge in [0, 0.05) is 16.9 Å². The molecule has 4 rings (SSSR count). The second kappa shape index (κ2) is 7.16. The lowest BCUT2D eigenvalue weighted by Crippen LogP contribution is -3.12. The summed E-state index contributed by atoms with van der Waals surface area (Å²) in [5.74, 6) is 2.74. The van der Waals surface area contributed by atoms with Crippen LogP contribution in [0.1, 0.15) is 31.1 Å². The average Bonchev–Trinajstić information content (AvgIpc) is 2.96. The number of aryl methyl sites for hydroxylation is 1. The third kappa shape index (κ3) is 3.24. The van der Waals surface area contributed by atoms with E-state index in [2.05, 4.69) is 43.3 Å². The lowest BCUT2D eigenvalue weighted by molar-refractivity contribution is -0.922. The molecule has 3 aromatic rings. The van der Waals surface area contributed by atoms with E-state index in [1.54, 1.807) is 12.0 Å². The monoisotopic (exact) mass is 350 g/mol. The highest BCUT2D eigenvalue weighted by Gasteiger charge is 2.23. The van der Waals surface area contributed by atoms with Crippen molar-refractivity contribution in [3.63, 3.8) is 0 Å². The van der Waals surface area contributed by atoms with Crippen LogP contribution in [0.5, 0.6) is 5.75 Å². The number of rotatable bonds is 4. The molecule has 2 atom stereocenters. The quantitative estimate of drug-likeness (QED) is 0.762. The molecule has 3 heteroatoms. The van der Waals surface area contributed by atoms with E-state index in [0.717, 1.165) is 34.9 Å². The van der Waals surface area contributed by atoms with Gasteiger partial charge in [0.2, 0.25) is 0 Å². The minimum atomic E-state index is 0.809. The van der Waals surface area contributed by atoms with Crippen LogP contribution in [0.2, 0.25) is 0 Å². The lowest BCUT2D eigenvalue weighted by Gasteiger charge is -2.28. The van der Waals surface area contributed by atoms with E-state index < -0.39 is 0 Å². The highest BCUT2D eigenvalue weighted by molar-refractivity contribution is 5.97. The van der Waals surface area contributed by atoms with Crippen molar-refractivity contribution in [2.75, 3.05) is 20.2 Å². The summed E-state index contributed by atoms with van der Waals surface area (Å²) in [6, 6.07) is 14.8. The number of benzene rings is 2. The van der Waals surface area contributed by atoms with Crippen LogP contribution in [0, 0.1) is 12.8 Å². The molecule has 2 heterocycles. The van der Waals surface area contributed by atoms with Gasteiger partial charge < -0.3 is 14.1 Å². The smallest absolute Gasteiger partial charge is 0.135 e. The van der Waals surface area contributed by atoms with Crippen LogP contribution >= 0.6 is 0 Å². The zero-order chi connectivity index (χ0) is 18.1. The largest absolute Gasteiger partial charge is 0.496 e. The molecule has 0 bridgehead atoms. The van der Waals surface area contributed by atoms with Crippen LogP contribution in [0.25, 0.3) is 22.1 Å². The fraction of sp³-hybridized carbons (Fsp3) is 0.391. The van der Waals surface area contributed by atoms with Gasteiger partial charge in [-0.05, 0) is 37.5 Å². The number of furan rings is 1. The molecule has 1 aliphatic rings. The summed E-state index contributed by atoms with van der Waals surface area (Å²) < 4.78 is 11.9. The number of piperidine rings is 1. The number of nitrogens with one attached hydrogen (secondary N) is 1. The topological polar surface area (TPSA) is 26.8 Å². The Hall–Kier alpha value is -2.26. The molecular formula is C23H28NO2+. The van der Waals surface area contributed by atoms with Gasteiger partial charge >= 0.3 is 0 Å². The number of hydrogen-bond donors (Lipinski definition) is 1. The number of quaternary nitrogens is 1. The summed E-state index contributed by atoms with van der Waals surface area (Å²) >= 11 is 0. The Morgan fingerprint density at radius 3 is 2.73 bits per heavy atom. The molecule has 1 fully saturated rings. The van der Waals surface area contributed by atoms with Gasteiger partial charge in [0.1, 0.15) is 23.6 Å². The van der Waals surface area contributed by atoms with Crippen molar-refractivity contribution in [1.29, 1.82) is 0 Å². The maximum absolute atomic E-state index is 6.14. The molecule has 1 unspecified atom stereocenters. The highest BCUT2D eigenvalue weighted by atomic mass is 16.5. The van der Waals surface area contributed by atoms with E-state index >= 15 is 0 Å². The predicted molar refractivity (Wildman–Crippen MR) is 106 cm³/mol. The fourth-order valence-corrected chi connectivity index (χ4v) is 4.41. The van der Waals surface area contributed by atoms with E-state index in [9.17, 15) is 0 Å². The summed E-state index contributed by atoms with van der Waals surface area (Å²) in [4.78, 5) is 1.65. The number of hydrogen-bond acceptors (Lipinski definition) is 2. The molecule has 1 aliphatic heterocycles. The Morgan fingerprint density at radius 2 is 2.00 bits per heavy atom. The minimum Gasteiger partial charge on any atom is -0.496 e. The zero-order valence-electron chi connectivity index (χ0n) is 16.0. The Labute approximate surface area is 155 Å². The Bertz CT molecular complexity index is 897. The lowest BCUT2D eigenvalue weighted by atomic mass is 9.98. The van der Waals surface area contributed by atoms with Crippen LogP contribution in [0.3, 0.4) is 0 Å². The van der Waals surface area contributed by atoms with E-state index in [0.29, 0.717) is 0 Å². The van der Waals surface area contributed by atoms with Crippen molar-refractivity contribution in [2.24, 2.45) is 5.92 Å². The second-order valence-electron chi connectivity index (χ2n) is 7.69. The van der Waals surface area contributed by atoms with Gasteiger partial charge in [-0.1, -0.05) is 37.3 Å². The van der Waals surface area contributed by atoms with Crippen LogP contribution in [-0.2, 0) is 6.54 Å². The predicted octanol–water partition coefficient (Wildman–Crippen LogP) is 4.23. The maximum Gasteiger partial charge on any atom is 0.135 e. The van der Waals surface area contributed by atoms with Gasteiger partial charge in [-0.25, -0.2) is 0 Å². The Balaban J connectivity index is 1.74. The van der Waals surface area contributed by atoms with Crippen LogP contribution in [-0.4, -0.2) is 20.2 Å². The molecule has 0 spiro atoms. The third-order valence-corrected chi connectivity index (χ3v) is 5.63. The molecule has 0 aliphatic carbocycles.